The van der Waals surface area contributed by atoms with Crippen LogP contribution in [0.4, 0.5) is 5.13 Å². The third-order valence-corrected chi connectivity index (χ3v) is 5.41. The summed E-state index contributed by atoms with van der Waals surface area (Å²) in [6.45, 7) is 6.32. The van der Waals surface area contributed by atoms with Crippen LogP contribution in [0, 0.1) is 5.41 Å². The Hall–Kier alpha value is -1.84. The highest BCUT2D eigenvalue weighted by molar-refractivity contribution is 7.89. The van der Waals surface area contributed by atoms with Crippen molar-refractivity contribution in [1.82, 2.24) is 14.9 Å². The second kappa shape index (κ2) is 8.03. The number of nitrogens with one attached hydrogen (secondary N) is 2. The van der Waals surface area contributed by atoms with Crippen molar-refractivity contribution in [2.45, 2.75) is 38.5 Å². The monoisotopic (exact) mass is 382 g/mol. The van der Waals surface area contributed by atoms with E-state index in [1.54, 1.807) is 18.2 Å². The smallest absolute Gasteiger partial charge is 0.240 e. The van der Waals surface area contributed by atoms with E-state index in [2.05, 4.69) is 41.0 Å². The Morgan fingerprint density at radius 2 is 1.84 bits per heavy atom. The predicted octanol–water partition coefficient (Wildman–Crippen LogP) is 2.43. The molecule has 0 bridgehead atoms. The lowest BCUT2D eigenvalue weighted by Crippen LogP contribution is -2.27. The van der Waals surface area contributed by atoms with Crippen molar-refractivity contribution < 1.29 is 13.2 Å². The molecule has 0 fully saturated rings. The number of carbonyl (C=O) groups excluding carboxylic acids is 1. The summed E-state index contributed by atoms with van der Waals surface area (Å²) in [6.07, 6.45) is 0.789. The fourth-order valence-electron chi connectivity index (χ4n) is 1.99. The van der Waals surface area contributed by atoms with Crippen molar-refractivity contribution in [2.24, 2.45) is 5.41 Å². The van der Waals surface area contributed by atoms with Gasteiger partial charge in [-0.3, -0.25) is 4.79 Å². The van der Waals surface area contributed by atoms with E-state index in [0.717, 1.165) is 11.4 Å². The molecule has 0 aliphatic rings. The molecule has 1 amide bonds. The molecule has 1 aromatic heterocycles. The minimum absolute atomic E-state index is 0.0106. The van der Waals surface area contributed by atoms with Crippen LogP contribution in [0.5, 0.6) is 0 Å². The van der Waals surface area contributed by atoms with Crippen molar-refractivity contribution in [3.63, 3.8) is 0 Å². The zero-order chi connectivity index (χ0) is 18.5. The molecule has 0 spiro atoms. The SMILES string of the molecule is CC(C)(C)Cc1nnc(NC(=O)CCNS(=O)(=O)c2ccccc2)s1. The van der Waals surface area contributed by atoms with Gasteiger partial charge in [-0.2, -0.15) is 0 Å². The predicted molar refractivity (Wildman–Crippen MR) is 97.9 cm³/mol. The molecule has 0 radical (unpaired) electrons. The first kappa shape index (κ1) is 19.5. The molecule has 0 atom stereocenters. The summed E-state index contributed by atoms with van der Waals surface area (Å²) < 4.78 is 26.5. The molecule has 0 saturated carbocycles. The number of anilines is 1. The van der Waals surface area contributed by atoms with Gasteiger partial charge in [0.1, 0.15) is 5.01 Å². The zero-order valence-electron chi connectivity index (χ0n) is 14.4. The van der Waals surface area contributed by atoms with E-state index in [1.807, 2.05) is 0 Å². The Bertz CT molecular complexity index is 811. The van der Waals surface area contributed by atoms with E-state index >= 15 is 0 Å². The van der Waals surface area contributed by atoms with Gasteiger partial charge in [-0.05, 0) is 17.5 Å². The average Bonchev–Trinajstić information content (AvgIpc) is 2.92. The number of aromatic nitrogens is 2. The molecule has 7 nitrogen and oxygen atoms in total. The molecular formula is C16H22N4O3S2. The zero-order valence-corrected chi connectivity index (χ0v) is 16.1. The van der Waals surface area contributed by atoms with E-state index in [1.165, 1.54) is 23.5 Å². The Morgan fingerprint density at radius 3 is 2.48 bits per heavy atom. The number of hydrogen-bond donors (Lipinski definition) is 2. The van der Waals surface area contributed by atoms with Crippen LogP contribution in [0.15, 0.2) is 35.2 Å². The van der Waals surface area contributed by atoms with Crippen molar-refractivity contribution in [3.05, 3.63) is 35.3 Å². The quantitative estimate of drug-likeness (QED) is 0.766. The molecule has 1 aromatic carbocycles. The summed E-state index contributed by atoms with van der Waals surface area (Å²) in [7, 11) is -3.60. The Morgan fingerprint density at radius 1 is 1.16 bits per heavy atom. The van der Waals surface area contributed by atoms with E-state index in [9.17, 15) is 13.2 Å². The van der Waals surface area contributed by atoms with Crippen LogP contribution in [-0.4, -0.2) is 31.1 Å². The lowest BCUT2D eigenvalue weighted by molar-refractivity contribution is -0.116. The molecule has 2 N–H and O–H groups in total. The second-order valence-electron chi connectivity index (χ2n) is 6.75. The summed E-state index contributed by atoms with van der Waals surface area (Å²) in [4.78, 5) is 12.1. The number of hydrogen-bond acceptors (Lipinski definition) is 6. The molecule has 136 valence electrons. The van der Waals surface area contributed by atoms with Crippen molar-refractivity contribution >= 4 is 32.4 Å². The van der Waals surface area contributed by atoms with Crippen LogP contribution in [0.1, 0.15) is 32.2 Å². The van der Waals surface area contributed by atoms with Gasteiger partial charge in [-0.1, -0.05) is 50.3 Å². The van der Waals surface area contributed by atoms with Crippen LogP contribution in [-0.2, 0) is 21.2 Å². The Labute approximate surface area is 151 Å². The average molecular weight is 383 g/mol. The highest BCUT2D eigenvalue weighted by Crippen LogP contribution is 2.24. The maximum Gasteiger partial charge on any atom is 0.240 e. The van der Waals surface area contributed by atoms with E-state index in [0.29, 0.717) is 5.13 Å². The molecule has 0 unspecified atom stereocenters. The molecule has 2 rings (SSSR count). The third kappa shape index (κ3) is 6.52. The van der Waals surface area contributed by atoms with Gasteiger partial charge in [-0.15, -0.1) is 10.2 Å². The highest BCUT2D eigenvalue weighted by Gasteiger charge is 2.17. The number of rotatable bonds is 7. The van der Waals surface area contributed by atoms with E-state index in [-0.39, 0.29) is 29.2 Å². The fourth-order valence-corrected chi connectivity index (χ4v) is 4.10. The van der Waals surface area contributed by atoms with Crippen molar-refractivity contribution in [2.75, 3.05) is 11.9 Å². The first-order valence-electron chi connectivity index (χ1n) is 7.83. The Kier molecular flexibility index (Phi) is 6.26. The van der Waals surface area contributed by atoms with Crippen LogP contribution in [0.3, 0.4) is 0 Å². The van der Waals surface area contributed by atoms with Gasteiger partial charge < -0.3 is 5.32 Å². The van der Waals surface area contributed by atoms with Gasteiger partial charge in [-0.25, -0.2) is 13.1 Å². The number of sulfonamides is 1. The first-order valence-corrected chi connectivity index (χ1v) is 10.1. The van der Waals surface area contributed by atoms with E-state index in [4.69, 9.17) is 0 Å². The maximum absolute atomic E-state index is 12.0. The molecule has 1 heterocycles. The van der Waals surface area contributed by atoms with Gasteiger partial charge in [0.25, 0.3) is 0 Å². The molecule has 9 heteroatoms. The molecule has 0 aliphatic carbocycles. The van der Waals surface area contributed by atoms with Crippen LogP contribution >= 0.6 is 11.3 Å². The van der Waals surface area contributed by atoms with Gasteiger partial charge in [0.2, 0.25) is 21.1 Å². The van der Waals surface area contributed by atoms with E-state index < -0.39 is 10.0 Å². The number of amides is 1. The highest BCUT2D eigenvalue weighted by atomic mass is 32.2. The summed E-state index contributed by atoms with van der Waals surface area (Å²) in [5.41, 5.74) is 0.0938. The third-order valence-electron chi connectivity index (χ3n) is 3.09. The minimum atomic E-state index is -3.60. The number of benzene rings is 1. The Balaban J connectivity index is 1.81. The van der Waals surface area contributed by atoms with Crippen LogP contribution in [0.25, 0.3) is 0 Å². The number of nitrogens with zero attached hydrogens (tertiary/aromatic N) is 2. The van der Waals surface area contributed by atoms with Gasteiger partial charge in [0.15, 0.2) is 0 Å². The lowest BCUT2D eigenvalue weighted by Gasteiger charge is -2.14. The van der Waals surface area contributed by atoms with Crippen molar-refractivity contribution in [1.29, 1.82) is 0 Å². The second-order valence-corrected chi connectivity index (χ2v) is 9.58. The molecule has 0 aliphatic heterocycles. The van der Waals surface area contributed by atoms with Crippen LogP contribution in [0.2, 0.25) is 0 Å². The standard InChI is InChI=1S/C16H22N4O3S2/c1-16(2,3)11-14-19-20-15(24-14)18-13(21)9-10-17-25(22,23)12-7-5-4-6-8-12/h4-8,17H,9-11H2,1-3H3,(H,18,20,21). The summed E-state index contributed by atoms with van der Waals surface area (Å²) in [6, 6.07) is 8.03. The van der Waals surface area contributed by atoms with Crippen molar-refractivity contribution in [3.8, 4) is 0 Å². The van der Waals surface area contributed by atoms with Gasteiger partial charge in [0.05, 0.1) is 4.90 Å². The first-order chi connectivity index (χ1) is 11.7. The summed E-state index contributed by atoms with van der Waals surface area (Å²) >= 11 is 1.33. The molecule has 2 aromatic rings. The van der Waals surface area contributed by atoms with Gasteiger partial charge >= 0.3 is 0 Å². The van der Waals surface area contributed by atoms with Gasteiger partial charge in [0, 0.05) is 19.4 Å². The fraction of sp³-hybridized carbons (Fsp3) is 0.438. The largest absolute Gasteiger partial charge is 0.300 e. The summed E-state index contributed by atoms with van der Waals surface area (Å²) in [5.74, 6) is -0.311. The number of carbonyl (C=O) groups is 1. The topological polar surface area (TPSA) is 101 Å². The van der Waals surface area contributed by atoms with Crippen LogP contribution < -0.4 is 10.0 Å². The molecule has 25 heavy (non-hydrogen) atoms. The summed E-state index contributed by atoms with van der Waals surface area (Å²) in [5, 5.41) is 11.9. The minimum Gasteiger partial charge on any atom is -0.300 e. The maximum atomic E-state index is 12.0. The molecular weight excluding hydrogens is 360 g/mol. The lowest BCUT2D eigenvalue weighted by atomic mass is 9.93. The molecule has 0 saturated heterocycles. The normalized spacial score (nSPS) is 12.1.